The van der Waals surface area contributed by atoms with Crippen molar-refractivity contribution in [3.63, 3.8) is 0 Å². The van der Waals surface area contributed by atoms with Crippen molar-refractivity contribution in [1.29, 1.82) is 0 Å². The summed E-state index contributed by atoms with van der Waals surface area (Å²) in [5.41, 5.74) is 0. The maximum atomic E-state index is 0. The molecule has 0 saturated heterocycles. The first-order valence-electron chi connectivity index (χ1n) is 0. The number of hydrogen-bond donors (Lipinski definition) is 0. The molecule has 0 aliphatic heterocycles. The molecule has 0 aromatic heterocycles. The zero-order chi connectivity index (χ0) is 0. The average molecular weight is 131 g/mol. The van der Waals surface area contributed by atoms with Crippen LogP contribution in [-0.2, 0) is 16.5 Å². The Morgan fingerprint density at radius 1 is 0.400 bits per heavy atom. The Bertz CT molecular complexity index is 3.61. The summed E-state index contributed by atoms with van der Waals surface area (Å²) < 4.78 is 0. The van der Waals surface area contributed by atoms with Gasteiger partial charge in [0.15, 0.2) is 0 Å². The third kappa shape index (κ3) is 212. The van der Waals surface area contributed by atoms with E-state index in [1.807, 2.05) is 0 Å². The molecule has 0 unspecified atom stereocenters. The summed E-state index contributed by atoms with van der Waals surface area (Å²) in [5.74, 6) is 0. The largest absolute Gasteiger partial charge is 0.412 e. The predicted molar refractivity (Wildman–Crippen MR) is 14.5 cm³/mol. The van der Waals surface area contributed by atoms with Gasteiger partial charge in [-0.25, -0.2) is 0 Å². The number of hydrogen-bond acceptors (Lipinski definition) is 0. The fourth-order valence-electron chi connectivity index (χ4n) is 0. The Morgan fingerprint density at radius 2 is 0.400 bits per heavy atom. The molecule has 0 saturated carbocycles. The van der Waals surface area contributed by atoms with Crippen molar-refractivity contribution in [1.82, 2.24) is 0 Å². The Hall–Kier alpha value is 0.334. The predicted octanol–water partition coefficient (Wildman–Crippen LogP) is -3.30. The second-order valence-electron chi connectivity index (χ2n) is 0. The van der Waals surface area contributed by atoms with E-state index >= 15 is 0 Å². The summed E-state index contributed by atoms with van der Waals surface area (Å²) in [7, 11) is 0. The van der Waals surface area contributed by atoms with Gasteiger partial charge in [0.25, 0.3) is 0 Å². The zero-order valence-corrected chi connectivity index (χ0v) is 3.30. The maximum absolute atomic E-state index is 0. The zero-order valence-electron chi connectivity index (χ0n) is 2.32. The van der Waals surface area contributed by atoms with Crippen LogP contribution in [0.1, 0.15) is 0 Å². The van der Waals surface area contributed by atoms with Crippen LogP contribution in [0.2, 0.25) is 0 Å². The Morgan fingerprint density at radius 3 is 0.400 bits per heavy atom. The molecule has 0 heterocycles. The topological polar surface area (TPSA) is 126 Å². The summed E-state index contributed by atoms with van der Waals surface area (Å²) in [6, 6.07) is 0. The number of rotatable bonds is 0. The van der Waals surface area contributed by atoms with E-state index in [4.69, 9.17) is 0 Å². The standard InChI is InChI=1S/Ni.4H2O/h;4*1H2. The van der Waals surface area contributed by atoms with Crippen LogP contribution >= 0.6 is 0 Å². The van der Waals surface area contributed by atoms with Crippen LogP contribution in [0.25, 0.3) is 0 Å². The Balaban J connectivity index is 0. The molecular weight excluding hydrogens is 123 g/mol. The Kier molecular flexibility index (Phi) is 78000. The second-order valence-corrected chi connectivity index (χ2v) is 0. The van der Waals surface area contributed by atoms with Crippen LogP contribution in [0.3, 0.4) is 0 Å². The molecule has 0 radical (unpaired) electrons. The van der Waals surface area contributed by atoms with Crippen molar-refractivity contribution < 1.29 is 38.4 Å². The van der Waals surface area contributed by atoms with Crippen LogP contribution in [0.5, 0.6) is 0 Å². The minimum Gasteiger partial charge on any atom is -0.412 e. The fraction of sp³-hybridized carbons (Fsp3) is 0. The van der Waals surface area contributed by atoms with E-state index in [1.54, 1.807) is 0 Å². The normalized spacial score (nSPS) is 0. The SMILES string of the molecule is O.O.O.O.[Ni]. The van der Waals surface area contributed by atoms with Gasteiger partial charge in [-0.3, -0.25) is 0 Å². The van der Waals surface area contributed by atoms with Gasteiger partial charge < -0.3 is 21.9 Å². The van der Waals surface area contributed by atoms with Gasteiger partial charge in [0.2, 0.25) is 0 Å². The summed E-state index contributed by atoms with van der Waals surface area (Å²) in [4.78, 5) is 0. The molecule has 4 nitrogen and oxygen atoms in total. The molecule has 0 aromatic carbocycles. The first kappa shape index (κ1) is 900. The van der Waals surface area contributed by atoms with Gasteiger partial charge in [-0.15, -0.1) is 0 Å². The molecule has 8 N–H and O–H groups in total. The van der Waals surface area contributed by atoms with E-state index in [9.17, 15) is 0 Å². The van der Waals surface area contributed by atoms with Gasteiger partial charge in [-0.2, -0.15) is 0 Å². The van der Waals surface area contributed by atoms with Crippen LogP contribution in [0.4, 0.5) is 0 Å². The minimum absolute atomic E-state index is 0. The molecule has 0 aliphatic carbocycles. The third-order valence-corrected chi connectivity index (χ3v) is 0. The summed E-state index contributed by atoms with van der Waals surface area (Å²) in [5, 5.41) is 0. The molecule has 0 amide bonds. The van der Waals surface area contributed by atoms with Crippen molar-refractivity contribution in [2.24, 2.45) is 0 Å². The molecule has 0 bridgehead atoms. The second kappa shape index (κ2) is 433. The van der Waals surface area contributed by atoms with Gasteiger partial charge in [0.05, 0.1) is 0 Å². The van der Waals surface area contributed by atoms with Gasteiger partial charge in [0, 0.05) is 16.5 Å². The van der Waals surface area contributed by atoms with Crippen molar-refractivity contribution in [3.8, 4) is 0 Å². The average Bonchev–Trinajstić information content (AvgIpc) is 0. The quantitative estimate of drug-likeness (QED) is 0.305. The van der Waals surface area contributed by atoms with E-state index in [-0.39, 0.29) is 38.4 Å². The molecule has 0 aromatic rings. The summed E-state index contributed by atoms with van der Waals surface area (Å²) >= 11 is 0. The van der Waals surface area contributed by atoms with E-state index in [0.29, 0.717) is 0 Å². The Labute approximate surface area is 39.3 Å². The van der Waals surface area contributed by atoms with Crippen molar-refractivity contribution >= 4 is 0 Å². The van der Waals surface area contributed by atoms with Gasteiger partial charge in [-0.1, -0.05) is 0 Å². The van der Waals surface area contributed by atoms with Crippen molar-refractivity contribution in [2.45, 2.75) is 0 Å². The first-order valence-corrected chi connectivity index (χ1v) is 0. The van der Waals surface area contributed by atoms with Crippen LogP contribution in [0, 0.1) is 0 Å². The van der Waals surface area contributed by atoms with E-state index in [2.05, 4.69) is 0 Å². The van der Waals surface area contributed by atoms with Gasteiger partial charge in [-0.05, 0) is 0 Å². The molecule has 5 heavy (non-hydrogen) atoms. The van der Waals surface area contributed by atoms with Crippen LogP contribution in [0.15, 0.2) is 0 Å². The molecular formula is H8NiO4. The van der Waals surface area contributed by atoms with Crippen LogP contribution in [-0.4, -0.2) is 21.9 Å². The third-order valence-electron chi connectivity index (χ3n) is 0. The summed E-state index contributed by atoms with van der Waals surface area (Å²) in [6.45, 7) is 0. The van der Waals surface area contributed by atoms with E-state index in [1.165, 1.54) is 0 Å². The molecule has 0 aliphatic rings. The fourth-order valence-corrected chi connectivity index (χ4v) is 0. The molecule has 0 rings (SSSR count). The van der Waals surface area contributed by atoms with Crippen LogP contribution < -0.4 is 0 Å². The molecule has 5 heteroatoms. The van der Waals surface area contributed by atoms with E-state index < -0.39 is 0 Å². The molecule has 0 spiro atoms. The monoisotopic (exact) mass is 130 g/mol. The first-order chi connectivity index (χ1) is 0. The minimum atomic E-state index is 0. The van der Waals surface area contributed by atoms with Gasteiger partial charge in [0.1, 0.15) is 0 Å². The van der Waals surface area contributed by atoms with Crippen molar-refractivity contribution in [2.75, 3.05) is 0 Å². The molecule has 0 fully saturated rings. The molecule has 0 atom stereocenters. The smallest absolute Gasteiger partial charge is 0 e. The van der Waals surface area contributed by atoms with E-state index in [0.717, 1.165) is 0 Å². The summed E-state index contributed by atoms with van der Waals surface area (Å²) in [6.07, 6.45) is 0. The molecule has 42 valence electrons. The van der Waals surface area contributed by atoms with Crippen molar-refractivity contribution in [3.05, 3.63) is 0 Å². The van der Waals surface area contributed by atoms with Gasteiger partial charge >= 0.3 is 0 Å². The maximum Gasteiger partial charge on any atom is 0 e.